The van der Waals surface area contributed by atoms with E-state index in [1.807, 2.05) is 13.8 Å². The minimum absolute atomic E-state index is 0.208. The van der Waals surface area contributed by atoms with Crippen molar-refractivity contribution < 1.29 is 76.6 Å². The molecule has 0 unspecified atom stereocenters. The molecule has 10 aliphatic rings. The molecular formula is C42H52O16. The van der Waals surface area contributed by atoms with E-state index in [9.17, 15) is 33.9 Å². The number of epoxide rings is 2. The van der Waals surface area contributed by atoms with Crippen LogP contribution in [-0.4, -0.2) is 107 Å². The van der Waals surface area contributed by atoms with Crippen LogP contribution >= 0.6 is 0 Å². The third-order valence-electron chi connectivity index (χ3n) is 17.0. The normalized spacial score (nSPS) is 53.7. The maximum absolute atomic E-state index is 15.3. The highest BCUT2D eigenvalue weighted by molar-refractivity contribution is 5.91. The van der Waals surface area contributed by atoms with Gasteiger partial charge in [-0.25, -0.2) is 4.79 Å². The third kappa shape index (κ3) is 4.60. The number of carbonyl (C=O) groups is 7. The summed E-state index contributed by atoms with van der Waals surface area (Å²) >= 11 is 0. The first-order chi connectivity index (χ1) is 27.2. The number of ether oxygens (including phenoxy) is 8. The van der Waals surface area contributed by atoms with Crippen molar-refractivity contribution in [3.63, 3.8) is 0 Å². The predicted octanol–water partition coefficient (Wildman–Crippen LogP) is 1.97. The second-order valence-corrected chi connectivity index (χ2v) is 19.9. The van der Waals surface area contributed by atoms with Gasteiger partial charge in [0.2, 0.25) is 5.60 Å². The van der Waals surface area contributed by atoms with Gasteiger partial charge in [-0.2, -0.15) is 0 Å². The summed E-state index contributed by atoms with van der Waals surface area (Å²) in [6.45, 7) is 12.4. The monoisotopic (exact) mass is 812 g/mol. The molecule has 1 spiro atoms. The number of rotatable bonds is 7. The molecule has 7 saturated carbocycles. The van der Waals surface area contributed by atoms with Crippen molar-refractivity contribution in [2.45, 2.75) is 148 Å². The van der Waals surface area contributed by atoms with E-state index in [0.717, 1.165) is 0 Å². The van der Waals surface area contributed by atoms with Gasteiger partial charge in [0, 0.05) is 61.2 Å². The van der Waals surface area contributed by atoms with Crippen LogP contribution in [0.3, 0.4) is 0 Å². The quantitative estimate of drug-likeness (QED) is 0.221. The van der Waals surface area contributed by atoms with Crippen molar-refractivity contribution >= 4 is 41.6 Å². The van der Waals surface area contributed by atoms with Crippen LogP contribution < -0.4 is 0 Å². The van der Waals surface area contributed by atoms with E-state index >= 15 is 4.79 Å². The second kappa shape index (κ2) is 11.8. The van der Waals surface area contributed by atoms with Crippen molar-refractivity contribution in [3.8, 4) is 0 Å². The van der Waals surface area contributed by atoms with Crippen LogP contribution in [0.4, 0.5) is 0 Å². The van der Waals surface area contributed by atoms with E-state index < -0.39 is 165 Å². The second-order valence-electron chi connectivity index (χ2n) is 19.9. The molecule has 58 heavy (non-hydrogen) atoms. The molecule has 3 saturated heterocycles. The lowest BCUT2D eigenvalue weighted by molar-refractivity contribution is -0.274. The van der Waals surface area contributed by atoms with E-state index in [1.54, 1.807) is 13.8 Å². The Hall–Kier alpha value is -3.63. The molecule has 10 fully saturated rings. The van der Waals surface area contributed by atoms with Crippen LogP contribution in [0.2, 0.25) is 0 Å². The highest BCUT2D eigenvalue weighted by atomic mass is 16.8. The Morgan fingerprint density at radius 3 is 1.95 bits per heavy atom. The molecule has 0 amide bonds. The number of Topliss-reactive ketones (excluding diaryl/α,β-unsaturated/α-hetero) is 1. The summed E-state index contributed by atoms with van der Waals surface area (Å²) < 4.78 is 49.9. The van der Waals surface area contributed by atoms with Crippen molar-refractivity contribution in [1.29, 1.82) is 0 Å². The fourth-order valence-electron chi connectivity index (χ4n) is 14.3. The fourth-order valence-corrected chi connectivity index (χ4v) is 14.3. The zero-order chi connectivity index (χ0) is 41.5. The Morgan fingerprint density at radius 1 is 0.741 bits per heavy atom. The average Bonchev–Trinajstić information content (AvgIpc) is 3.95. The average molecular weight is 813 g/mol. The van der Waals surface area contributed by atoms with Gasteiger partial charge in [-0.3, -0.25) is 28.8 Å². The minimum Gasteiger partial charge on any atom is -0.459 e. The summed E-state index contributed by atoms with van der Waals surface area (Å²) in [6.07, 6.45) is -5.70. The van der Waals surface area contributed by atoms with Gasteiger partial charge in [-0.1, -0.05) is 20.8 Å². The van der Waals surface area contributed by atoms with Gasteiger partial charge < -0.3 is 43.0 Å². The highest BCUT2D eigenvalue weighted by Crippen LogP contribution is 2.81. The largest absolute Gasteiger partial charge is 0.459 e. The van der Waals surface area contributed by atoms with Crippen LogP contribution in [0, 0.1) is 69.5 Å². The summed E-state index contributed by atoms with van der Waals surface area (Å²) in [5.74, 6) is -13.1. The molecular weight excluding hydrogens is 760 g/mol. The molecule has 316 valence electrons. The minimum atomic E-state index is -1.94. The molecule has 0 aromatic carbocycles. The molecule has 16 nitrogen and oxygen atoms in total. The first-order valence-corrected chi connectivity index (χ1v) is 20.9. The number of esters is 6. The van der Waals surface area contributed by atoms with Crippen molar-refractivity contribution in [2.75, 3.05) is 0 Å². The smallest absolute Gasteiger partial charge is 0.353 e. The number of aliphatic hydroxyl groups is 1. The molecule has 1 N–H and O–H groups in total. The first-order valence-electron chi connectivity index (χ1n) is 20.9. The number of ketones is 1. The fraction of sp³-hybridized carbons (Fsp3) is 0.833. The summed E-state index contributed by atoms with van der Waals surface area (Å²) in [5, 5.41) is 13.4. The molecule has 0 bridgehead atoms. The van der Waals surface area contributed by atoms with Crippen LogP contribution in [-0.2, 0) is 71.5 Å². The Labute approximate surface area is 334 Å². The van der Waals surface area contributed by atoms with E-state index in [0.29, 0.717) is 25.7 Å². The highest BCUT2D eigenvalue weighted by Gasteiger charge is 2.94. The Bertz CT molecular complexity index is 1940. The van der Waals surface area contributed by atoms with Crippen LogP contribution in [0.5, 0.6) is 0 Å². The number of hydrogen-bond acceptors (Lipinski definition) is 16. The van der Waals surface area contributed by atoms with Gasteiger partial charge in [0.05, 0.1) is 29.5 Å². The van der Waals surface area contributed by atoms with Crippen molar-refractivity contribution in [3.05, 3.63) is 0 Å². The summed E-state index contributed by atoms with van der Waals surface area (Å²) in [6, 6.07) is 0. The molecule has 0 aromatic heterocycles. The zero-order valence-electron chi connectivity index (χ0n) is 33.9. The lowest BCUT2D eigenvalue weighted by Gasteiger charge is -2.65. The summed E-state index contributed by atoms with van der Waals surface area (Å²) in [5.41, 5.74) is -6.23. The van der Waals surface area contributed by atoms with Crippen molar-refractivity contribution in [1.82, 2.24) is 0 Å². The van der Waals surface area contributed by atoms with Crippen LogP contribution in [0.1, 0.15) is 87.5 Å². The van der Waals surface area contributed by atoms with Crippen LogP contribution in [0.15, 0.2) is 0 Å². The van der Waals surface area contributed by atoms with Gasteiger partial charge in [-0.15, -0.1) is 0 Å². The first kappa shape index (κ1) is 38.6. The van der Waals surface area contributed by atoms with Gasteiger partial charge >= 0.3 is 35.8 Å². The van der Waals surface area contributed by atoms with Gasteiger partial charge in [0.25, 0.3) is 5.79 Å². The van der Waals surface area contributed by atoms with E-state index in [2.05, 4.69) is 0 Å². The molecule has 0 aromatic rings. The topological polar surface area (TPSA) is 220 Å². The molecule has 7 aliphatic carbocycles. The molecule has 3 aliphatic heterocycles. The van der Waals surface area contributed by atoms with E-state index in [1.165, 1.54) is 27.7 Å². The van der Waals surface area contributed by atoms with E-state index in [-0.39, 0.29) is 12.3 Å². The number of carbonyl (C=O) groups excluding carboxylic acids is 7. The number of aliphatic hydroxyl groups excluding tert-OH is 1. The van der Waals surface area contributed by atoms with E-state index in [4.69, 9.17) is 37.9 Å². The molecule has 10 rings (SSSR count). The maximum Gasteiger partial charge on any atom is 0.353 e. The maximum atomic E-state index is 15.3. The SMILES string of the molecule is CC(=O)O[C@H]1[C@H]2[C@H]([C@@H]3[C@@H](O)[C@@H]4[C@H]([C@H](C)[C@H]5O[C@]56OC(=O)[C@@](C)(OC(=O)C5CC5)[C@]46C)[C@@]3(C)[C@H]1OC(C)=O)[C@@H](OC(=O)C1CC1)C(=O)[C@H]1C[C@@H]3O[C@@H]3[C@H](OC(C)=O)[C@]21C. The van der Waals surface area contributed by atoms with Crippen LogP contribution in [0.25, 0.3) is 0 Å². The molecule has 3 heterocycles. The standard InChI is InChI=1S/C42H52O16/c1-14-23-26(40(7)41(8,57-36(49)19-11-12-19)37(50)58-42(40)32(14)56-42)28(47)24-22-25(31(51-15(2)43)34(39(23,24)6)53-17(4)45)38(5)20(13-21-29(54-21)33(38)52-16(3)44)27(46)30(22)55-35(48)18-9-10-18/h14,18-26,28-34,47H,9-13H2,1-8H3/t14-,20+,21-,22-,23-,24+,25+,26-,28+,29-,30+,31-,32+,33-,34-,38-,39+,40-,41+,42-/m0/s1. The zero-order valence-corrected chi connectivity index (χ0v) is 33.9. The lowest BCUT2D eigenvalue weighted by atomic mass is 9.41. The van der Waals surface area contributed by atoms with Gasteiger partial charge in [-0.05, 0) is 57.8 Å². The third-order valence-corrected chi connectivity index (χ3v) is 17.0. The Balaban J connectivity index is 1.21. The Kier molecular flexibility index (Phi) is 7.85. The molecule has 16 heteroatoms. The number of fused-ring (bicyclic) bond motifs is 9. The summed E-state index contributed by atoms with van der Waals surface area (Å²) in [4.78, 5) is 96.4. The van der Waals surface area contributed by atoms with Gasteiger partial charge in [0.1, 0.15) is 30.5 Å². The van der Waals surface area contributed by atoms with Crippen molar-refractivity contribution in [2.24, 2.45) is 69.5 Å². The number of hydrogen-bond donors (Lipinski definition) is 1. The lowest BCUT2D eigenvalue weighted by Crippen LogP contribution is -2.75. The van der Waals surface area contributed by atoms with Gasteiger partial charge in [0.15, 0.2) is 11.9 Å². The Morgan fingerprint density at radius 2 is 1.34 bits per heavy atom. The predicted molar refractivity (Wildman–Crippen MR) is 189 cm³/mol. The molecule has 20 atom stereocenters. The molecule has 0 radical (unpaired) electrons. The summed E-state index contributed by atoms with van der Waals surface area (Å²) in [7, 11) is 0.